The molecule has 0 saturated heterocycles. The first-order chi connectivity index (χ1) is 4.55. The van der Waals surface area contributed by atoms with Crippen LogP contribution in [0.5, 0.6) is 0 Å². The van der Waals surface area contributed by atoms with Crippen LogP contribution >= 0.6 is 58.0 Å². The van der Waals surface area contributed by atoms with Crippen LogP contribution in [-0.2, 0) is 0 Å². The topological polar surface area (TPSA) is 0 Å². The summed E-state index contributed by atoms with van der Waals surface area (Å²) < 4.78 is 0. The summed E-state index contributed by atoms with van der Waals surface area (Å²) in [4.78, 5) is 0. The largest absolute Gasteiger partial charge is 0.119 e. The Morgan fingerprint density at radius 1 is 0.800 bits per heavy atom. The average molecular weight is 240 g/mol. The summed E-state index contributed by atoms with van der Waals surface area (Å²) in [7, 11) is 0. The molecule has 1 aliphatic rings. The number of hydrogen-bond acceptors (Lipinski definition) is 0. The van der Waals surface area contributed by atoms with Crippen molar-refractivity contribution in [2.24, 2.45) is 0 Å². The Balaban J connectivity index is 2.88. The van der Waals surface area contributed by atoms with Gasteiger partial charge in [-0.15, -0.1) is 34.8 Å². The first-order valence-corrected chi connectivity index (χ1v) is 4.59. The molecule has 1 rings (SSSR count). The van der Waals surface area contributed by atoms with Gasteiger partial charge >= 0.3 is 0 Å². The molecule has 10 heavy (non-hydrogen) atoms. The van der Waals surface area contributed by atoms with E-state index in [1.165, 1.54) is 0 Å². The van der Waals surface area contributed by atoms with Gasteiger partial charge in [0, 0.05) is 0 Å². The van der Waals surface area contributed by atoms with Crippen molar-refractivity contribution in [1.82, 2.24) is 0 Å². The zero-order valence-corrected chi connectivity index (χ0v) is 8.40. The monoisotopic (exact) mass is 238 g/mol. The molecule has 2 unspecified atom stereocenters. The first kappa shape index (κ1) is 9.28. The van der Waals surface area contributed by atoms with E-state index in [1.54, 1.807) is 0 Å². The molecule has 0 aromatic rings. The lowest BCUT2D eigenvalue weighted by Crippen LogP contribution is -2.17. The van der Waals surface area contributed by atoms with E-state index in [-0.39, 0.29) is 0 Å². The highest BCUT2D eigenvalue weighted by molar-refractivity contribution is 6.51. The maximum Gasteiger partial charge on any atom is 0.0885 e. The van der Waals surface area contributed by atoms with E-state index < -0.39 is 16.1 Å². The first-order valence-electron chi connectivity index (χ1n) is 2.53. The molecule has 0 nitrogen and oxygen atoms in total. The SMILES string of the molecule is ClC1=C(Cl)C(Cl)C(Cl)C1Cl. The summed E-state index contributed by atoms with van der Waals surface area (Å²) in [5.41, 5.74) is 0. The van der Waals surface area contributed by atoms with E-state index in [1.807, 2.05) is 0 Å². The molecule has 1 aliphatic carbocycles. The summed E-state index contributed by atoms with van der Waals surface area (Å²) in [6, 6.07) is 0. The van der Waals surface area contributed by atoms with Gasteiger partial charge in [0.25, 0.3) is 0 Å². The van der Waals surface area contributed by atoms with Gasteiger partial charge in [0.2, 0.25) is 0 Å². The van der Waals surface area contributed by atoms with Crippen LogP contribution in [0, 0.1) is 0 Å². The molecule has 5 heteroatoms. The van der Waals surface area contributed by atoms with Gasteiger partial charge in [0.15, 0.2) is 0 Å². The zero-order chi connectivity index (χ0) is 7.89. The van der Waals surface area contributed by atoms with Crippen molar-refractivity contribution >= 4 is 58.0 Å². The second kappa shape index (κ2) is 3.28. The van der Waals surface area contributed by atoms with E-state index in [0.29, 0.717) is 10.1 Å². The van der Waals surface area contributed by atoms with Gasteiger partial charge in [-0.2, -0.15) is 0 Å². The smallest absolute Gasteiger partial charge is 0.0885 e. The number of allylic oxidation sites excluding steroid dienone is 2. The Morgan fingerprint density at radius 2 is 1.10 bits per heavy atom. The van der Waals surface area contributed by atoms with Crippen molar-refractivity contribution in [2.75, 3.05) is 0 Å². The number of alkyl halides is 3. The minimum absolute atomic E-state index is 0.364. The molecular formula is C5H3Cl5. The molecule has 0 aromatic heterocycles. The Morgan fingerprint density at radius 3 is 1.20 bits per heavy atom. The van der Waals surface area contributed by atoms with E-state index >= 15 is 0 Å². The third-order valence-corrected chi connectivity index (χ3v) is 4.21. The molecule has 0 radical (unpaired) electrons. The van der Waals surface area contributed by atoms with Crippen molar-refractivity contribution in [3.05, 3.63) is 10.1 Å². The highest BCUT2D eigenvalue weighted by atomic mass is 35.5. The fraction of sp³-hybridized carbons (Fsp3) is 0.600. The molecule has 0 N–H and O–H groups in total. The van der Waals surface area contributed by atoms with Crippen molar-refractivity contribution in [1.29, 1.82) is 0 Å². The highest BCUT2D eigenvalue weighted by Gasteiger charge is 2.38. The van der Waals surface area contributed by atoms with Gasteiger partial charge in [0.05, 0.1) is 26.2 Å². The predicted octanol–water partition coefficient (Wildman–Crippen LogP) is 3.51. The van der Waals surface area contributed by atoms with Gasteiger partial charge < -0.3 is 0 Å². The Labute approximate surface area is 84.0 Å². The Hall–Kier alpha value is 1.19. The maximum atomic E-state index is 5.73. The summed E-state index contributed by atoms with van der Waals surface area (Å²) in [6.07, 6.45) is 0. The van der Waals surface area contributed by atoms with Gasteiger partial charge in [0.1, 0.15) is 0 Å². The van der Waals surface area contributed by atoms with Crippen LogP contribution in [0.2, 0.25) is 0 Å². The van der Waals surface area contributed by atoms with Crippen LogP contribution < -0.4 is 0 Å². The molecule has 2 atom stereocenters. The summed E-state index contributed by atoms with van der Waals surface area (Å²) in [5.74, 6) is 0. The van der Waals surface area contributed by atoms with Crippen LogP contribution in [0.3, 0.4) is 0 Å². The van der Waals surface area contributed by atoms with E-state index in [0.717, 1.165) is 0 Å². The normalized spacial score (nSPS) is 41.1. The van der Waals surface area contributed by atoms with Crippen LogP contribution in [-0.4, -0.2) is 16.1 Å². The zero-order valence-electron chi connectivity index (χ0n) is 4.62. The molecule has 0 aliphatic heterocycles. The number of hydrogen-bond donors (Lipinski definition) is 0. The lowest BCUT2D eigenvalue weighted by molar-refractivity contribution is 0.942. The van der Waals surface area contributed by atoms with Gasteiger partial charge in [-0.3, -0.25) is 0 Å². The van der Waals surface area contributed by atoms with Crippen LogP contribution in [0.25, 0.3) is 0 Å². The van der Waals surface area contributed by atoms with Crippen molar-refractivity contribution in [3.63, 3.8) is 0 Å². The van der Waals surface area contributed by atoms with E-state index in [2.05, 4.69) is 0 Å². The van der Waals surface area contributed by atoms with Crippen LogP contribution in [0.1, 0.15) is 0 Å². The molecule has 0 amide bonds. The second-order valence-electron chi connectivity index (χ2n) is 1.94. The average Bonchev–Trinajstić information content (AvgIpc) is 2.07. The standard InChI is InChI=1S/C5H3Cl5/c6-1-2(7)4(9)5(10)3(1)8/h1-3H. The minimum Gasteiger partial charge on any atom is -0.119 e. The van der Waals surface area contributed by atoms with Gasteiger partial charge in [-0.25, -0.2) is 0 Å². The summed E-state index contributed by atoms with van der Waals surface area (Å²) in [6.45, 7) is 0. The molecule has 0 heterocycles. The molecule has 0 saturated carbocycles. The molecule has 0 spiro atoms. The van der Waals surface area contributed by atoms with Crippen molar-refractivity contribution < 1.29 is 0 Å². The molecule has 0 bridgehead atoms. The summed E-state index contributed by atoms with van der Waals surface area (Å²) in [5, 5.41) is -0.563. The van der Waals surface area contributed by atoms with Gasteiger partial charge in [-0.05, 0) is 0 Å². The highest BCUT2D eigenvalue weighted by Crippen LogP contribution is 2.41. The Kier molecular flexibility index (Phi) is 3.05. The lowest BCUT2D eigenvalue weighted by Gasteiger charge is -2.07. The van der Waals surface area contributed by atoms with Crippen molar-refractivity contribution in [2.45, 2.75) is 16.1 Å². The number of halogens is 5. The van der Waals surface area contributed by atoms with Gasteiger partial charge in [-0.1, -0.05) is 23.2 Å². The number of rotatable bonds is 0. The molecule has 0 fully saturated rings. The third-order valence-electron chi connectivity index (χ3n) is 1.27. The molecule has 0 aromatic carbocycles. The maximum absolute atomic E-state index is 5.73. The fourth-order valence-corrected chi connectivity index (χ4v) is 2.29. The quantitative estimate of drug-likeness (QED) is 0.568. The lowest BCUT2D eigenvalue weighted by atomic mass is 10.3. The molecule has 58 valence electrons. The summed E-state index contributed by atoms with van der Waals surface area (Å²) >= 11 is 28.5. The third kappa shape index (κ3) is 1.37. The minimum atomic E-state index is -0.446. The van der Waals surface area contributed by atoms with E-state index in [4.69, 9.17) is 58.0 Å². The van der Waals surface area contributed by atoms with E-state index in [9.17, 15) is 0 Å². The predicted molar refractivity (Wildman–Crippen MR) is 47.7 cm³/mol. The van der Waals surface area contributed by atoms with Crippen molar-refractivity contribution in [3.8, 4) is 0 Å². The van der Waals surface area contributed by atoms with Crippen LogP contribution in [0.15, 0.2) is 10.1 Å². The Bertz CT molecular complexity index is 157. The fourth-order valence-electron chi connectivity index (χ4n) is 0.691. The second-order valence-corrected chi connectivity index (χ2v) is 4.20. The molecular weight excluding hydrogens is 237 g/mol. The van der Waals surface area contributed by atoms with Crippen LogP contribution in [0.4, 0.5) is 0 Å².